The van der Waals surface area contributed by atoms with E-state index in [0.29, 0.717) is 17.9 Å². The molecule has 2 aromatic heterocycles. The fraction of sp³-hybridized carbons (Fsp3) is 0.370. The molecule has 5 rings (SSSR count). The zero-order chi connectivity index (χ0) is 26.5. The van der Waals surface area contributed by atoms with Gasteiger partial charge < -0.3 is 24.1 Å². The summed E-state index contributed by atoms with van der Waals surface area (Å²) in [7, 11) is 0. The summed E-state index contributed by atoms with van der Waals surface area (Å²) in [5.74, 6) is -1.65. The second-order valence-corrected chi connectivity index (χ2v) is 10.1. The van der Waals surface area contributed by atoms with E-state index >= 15 is 0 Å². The number of fused-ring (bicyclic) bond motifs is 5. The largest absolute Gasteiger partial charge is 0.457 e. The molecule has 2 aliphatic rings. The third-order valence-electron chi connectivity index (χ3n) is 6.45. The first-order valence-corrected chi connectivity index (χ1v) is 12.0. The summed E-state index contributed by atoms with van der Waals surface area (Å²) in [4.78, 5) is 56.1. The number of para-hydroxylation sites is 1. The Morgan fingerprint density at radius 3 is 2.68 bits per heavy atom. The minimum Gasteiger partial charge on any atom is -0.457 e. The molecule has 1 N–H and O–H groups in total. The van der Waals surface area contributed by atoms with E-state index < -0.39 is 35.8 Å². The summed E-state index contributed by atoms with van der Waals surface area (Å²) >= 11 is 0. The topological polar surface area (TPSA) is 126 Å². The maximum atomic E-state index is 13.5. The number of hydrogen-bond acceptors (Lipinski definition) is 8. The second kappa shape index (κ2) is 8.72. The van der Waals surface area contributed by atoms with Gasteiger partial charge in [0.2, 0.25) is 5.60 Å². The molecule has 0 fully saturated rings. The van der Waals surface area contributed by atoms with Crippen LogP contribution in [0, 0.1) is 0 Å². The van der Waals surface area contributed by atoms with Crippen LogP contribution in [0.5, 0.6) is 0 Å². The molecule has 10 nitrogen and oxygen atoms in total. The van der Waals surface area contributed by atoms with Crippen molar-refractivity contribution in [3.63, 3.8) is 0 Å². The average molecular weight is 506 g/mol. The van der Waals surface area contributed by atoms with Crippen LogP contribution in [-0.2, 0) is 42.6 Å². The van der Waals surface area contributed by atoms with Gasteiger partial charge in [-0.3, -0.25) is 9.59 Å². The van der Waals surface area contributed by atoms with Crippen molar-refractivity contribution in [2.24, 2.45) is 0 Å². The van der Waals surface area contributed by atoms with Crippen LogP contribution in [0.4, 0.5) is 4.79 Å². The summed E-state index contributed by atoms with van der Waals surface area (Å²) in [5, 5.41) is 3.29. The number of esters is 2. The fourth-order valence-corrected chi connectivity index (χ4v) is 4.77. The Labute approximate surface area is 212 Å². The van der Waals surface area contributed by atoms with E-state index in [1.807, 2.05) is 30.3 Å². The Bertz CT molecular complexity index is 1520. The maximum Gasteiger partial charge on any atom is 0.408 e. The first-order chi connectivity index (χ1) is 17.5. The molecule has 1 atom stereocenters. The van der Waals surface area contributed by atoms with Gasteiger partial charge in [-0.2, -0.15) is 0 Å². The summed E-state index contributed by atoms with van der Waals surface area (Å²) in [6.45, 7) is 6.32. The summed E-state index contributed by atoms with van der Waals surface area (Å²) in [6, 6.07) is 11.4. The number of amides is 1. The van der Waals surface area contributed by atoms with Crippen molar-refractivity contribution >= 4 is 28.9 Å². The molecule has 0 radical (unpaired) electrons. The number of hydrogen-bond donors (Lipinski definition) is 1. The van der Waals surface area contributed by atoms with Crippen LogP contribution in [0.25, 0.3) is 22.3 Å². The van der Waals surface area contributed by atoms with Gasteiger partial charge in [0.05, 0.1) is 29.0 Å². The molecule has 0 unspecified atom stereocenters. The number of aromatic nitrogens is 2. The van der Waals surface area contributed by atoms with Gasteiger partial charge in [0.15, 0.2) is 0 Å². The number of cyclic esters (lactones) is 1. The van der Waals surface area contributed by atoms with Crippen LogP contribution in [0.1, 0.15) is 50.8 Å². The van der Waals surface area contributed by atoms with Gasteiger partial charge in [0, 0.05) is 16.5 Å². The minimum atomic E-state index is -1.84. The van der Waals surface area contributed by atoms with Crippen molar-refractivity contribution in [1.29, 1.82) is 0 Å². The van der Waals surface area contributed by atoms with E-state index in [-0.39, 0.29) is 29.7 Å². The molecule has 0 bridgehead atoms. The highest BCUT2D eigenvalue weighted by Gasteiger charge is 2.50. The zero-order valence-corrected chi connectivity index (χ0v) is 21.0. The van der Waals surface area contributed by atoms with Gasteiger partial charge in [-0.1, -0.05) is 25.1 Å². The number of carbonyl (C=O) groups excluding carboxylic acids is 3. The van der Waals surface area contributed by atoms with Crippen molar-refractivity contribution in [2.45, 2.75) is 58.5 Å². The molecule has 1 aromatic carbocycles. The lowest BCUT2D eigenvalue weighted by molar-refractivity contribution is -0.188. The lowest BCUT2D eigenvalue weighted by Gasteiger charge is -2.35. The molecule has 0 spiro atoms. The maximum absolute atomic E-state index is 13.5. The lowest BCUT2D eigenvalue weighted by Crippen LogP contribution is -2.49. The molecule has 192 valence electrons. The molecule has 0 saturated heterocycles. The predicted octanol–water partition coefficient (Wildman–Crippen LogP) is 3.16. The third kappa shape index (κ3) is 4.22. The van der Waals surface area contributed by atoms with Gasteiger partial charge in [0.25, 0.3) is 5.56 Å². The third-order valence-corrected chi connectivity index (χ3v) is 6.45. The summed E-state index contributed by atoms with van der Waals surface area (Å²) in [5.41, 5.74) is 0.443. The number of nitrogens with zero attached hydrogens (tertiary/aromatic N) is 2. The lowest BCUT2D eigenvalue weighted by atomic mass is 9.85. The van der Waals surface area contributed by atoms with Crippen LogP contribution in [0.2, 0.25) is 0 Å². The van der Waals surface area contributed by atoms with Crippen molar-refractivity contribution < 1.29 is 28.6 Å². The van der Waals surface area contributed by atoms with E-state index in [9.17, 15) is 19.2 Å². The second-order valence-electron chi connectivity index (χ2n) is 10.1. The number of benzene rings is 1. The smallest absolute Gasteiger partial charge is 0.408 e. The Morgan fingerprint density at radius 2 is 1.95 bits per heavy atom. The van der Waals surface area contributed by atoms with Crippen LogP contribution in [-0.4, -0.2) is 39.7 Å². The molecular formula is C27H27N3O7. The van der Waals surface area contributed by atoms with Crippen LogP contribution in [0.3, 0.4) is 0 Å². The van der Waals surface area contributed by atoms with Crippen molar-refractivity contribution in [1.82, 2.24) is 14.9 Å². The van der Waals surface area contributed by atoms with E-state index in [0.717, 1.165) is 16.5 Å². The molecule has 0 saturated carbocycles. The number of ether oxygens (including phenoxy) is 3. The predicted molar refractivity (Wildman–Crippen MR) is 133 cm³/mol. The monoisotopic (exact) mass is 505 g/mol. The van der Waals surface area contributed by atoms with E-state index in [2.05, 4.69) is 5.32 Å². The number of rotatable bonds is 4. The van der Waals surface area contributed by atoms with E-state index in [1.54, 1.807) is 38.3 Å². The highest BCUT2D eigenvalue weighted by molar-refractivity contribution is 5.89. The summed E-state index contributed by atoms with van der Waals surface area (Å²) < 4.78 is 17.7. The number of alkyl carbamates (subject to hydrolysis) is 1. The molecule has 37 heavy (non-hydrogen) atoms. The molecule has 10 heteroatoms. The van der Waals surface area contributed by atoms with Gasteiger partial charge in [0.1, 0.15) is 18.8 Å². The molecular weight excluding hydrogens is 478 g/mol. The van der Waals surface area contributed by atoms with Crippen molar-refractivity contribution in [3.8, 4) is 11.4 Å². The first-order valence-electron chi connectivity index (χ1n) is 12.0. The molecule has 3 aromatic rings. The Kier molecular flexibility index (Phi) is 5.77. The normalized spacial score (nSPS) is 17.9. The van der Waals surface area contributed by atoms with Gasteiger partial charge in [-0.25, -0.2) is 14.6 Å². The number of nitrogens with one attached hydrogen (secondary N) is 1. The molecule has 2 aliphatic heterocycles. The van der Waals surface area contributed by atoms with Gasteiger partial charge >= 0.3 is 18.0 Å². The molecule has 1 amide bonds. The van der Waals surface area contributed by atoms with Gasteiger partial charge in [-0.15, -0.1) is 0 Å². The Balaban J connectivity index is 1.52. The fourth-order valence-electron chi connectivity index (χ4n) is 4.77. The van der Waals surface area contributed by atoms with Crippen LogP contribution in [0.15, 0.2) is 41.2 Å². The molecule has 0 aliphatic carbocycles. The van der Waals surface area contributed by atoms with E-state index in [4.69, 9.17) is 19.2 Å². The van der Waals surface area contributed by atoms with E-state index in [1.165, 1.54) is 0 Å². The highest BCUT2D eigenvalue weighted by Crippen LogP contribution is 2.40. The summed E-state index contributed by atoms with van der Waals surface area (Å²) in [6.07, 6.45) is -0.773. The SMILES string of the molecule is CC[C@@]1(OC(=O)CNC(=O)OC(C)(C)C)C(=O)OCc2c1cc1n(c2=O)Cc2cc3ccccc3nc2-1. The first kappa shape index (κ1) is 24.5. The highest BCUT2D eigenvalue weighted by atomic mass is 16.6. The standard InChI is InChI=1S/C27H27N3O7/c1-5-27(36-21(31)12-28-25(34)37-26(2,3)4)18-11-20-22-16(10-15-8-6-7-9-19(15)29-22)13-30(20)23(32)17(18)14-35-24(27)33/h6-11H,5,12-14H2,1-4H3,(H,28,34)/t27-/m0/s1. The number of carbonyl (C=O) groups is 3. The van der Waals surface area contributed by atoms with Crippen molar-refractivity contribution in [2.75, 3.05) is 6.54 Å². The minimum absolute atomic E-state index is 0.0257. The Morgan fingerprint density at radius 1 is 1.19 bits per heavy atom. The van der Waals surface area contributed by atoms with Gasteiger partial charge in [-0.05, 0) is 45.4 Å². The average Bonchev–Trinajstić information content (AvgIpc) is 3.20. The molecule has 4 heterocycles. The number of pyridine rings is 2. The Hall–Kier alpha value is -4.21. The zero-order valence-electron chi connectivity index (χ0n) is 21.0. The van der Waals surface area contributed by atoms with Crippen molar-refractivity contribution in [3.05, 3.63) is 63.4 Å². The van der Waals surface area contributed by atoms with Crippen LogP contribution < -0.4 is 10.9 Å². The van der Waals surface area contributed by atoms with Crippen LogP contribution >= 0.6 is 0 Å². The quantitative estimate of drug-likeness (QED) is 0.331.